The van der Waals surface area contributed by atoms with Crippen LogP contribution in [-0.2, 0) is 9.59 Å². The van der Waals surface area contributed by atoms with Gasteiger partial charge < -0.3 is 10.4 Å². The summed E-state index contributed by atoms with van der Waals surface area (Å²) >= 11 is 0. The van der Waals surface area contributed by atoms with Crippen molar-refractivity contribution in [2.45, 2.75) is 25.7 Å². The van der Waals surface area contributed by atoms with E-state index in [9.17, 15) is 14.7 Å². The molecule has 1 saturated carbocycles. The molecule has 0 saturated heterocycles. The van der Waals surface area contributed by atoms with E-state index in [1.165, 1.54) is 0 Å². The van der Waals surface area contributed by atoms with Gasteiger partial charge in [0.2, 0.25) is 5.91 Å². The standard InChI is InChI=1S/C20H21N3O3/c24-19(17-8-4-5-9-18(17)20(25)26)21-14-10-12-16(13-11-14)23-22-15-6-2-1-3-7-15/h1-3,6-7,10-13,17-18H,4-5,8-9H2,(H,21,24)(H,25,26)/t17-,18+/m0/s1. The summed E-state index contributed by atoms with van der Waals surface area (Å²) in [5.74, 6) is -2.18. The largest absolute Gasteiger partial charge is 0.481 e. The van der Waals surface area contributed by atoms with Crippen LogP contribution in [0.3, 0.4) is 0 Å². The number of benzene rings is 2. The highest BCUT2D eigenvalue weighted by atomic mass is 16.4. The lowest BCUT2D eigenvalue weighted by Gasteiger charge is -2.27. The summed E-state index contributed by atoms with van der Waals surface area (Å²) < 4.78 is 0. The first kappa shape index (κ1) is 17.8. The van der Waals surface area contributed by atoms with Crippen molar-refractivity contribution in [1.82, 2.24) is 0 Å². The molecule has 2 N–H and O–H groups in total. The molecule has 1 aliphatic carbocycles. The van der Waals surface area contributed by atoms with Crippen molar-refractivity contribution in [3.63, 3.8) is 0 Å². The van der Waals surface area contributed by atoms with Crippen molar-refractivity contribution >= 4 is 28.9 Å². The molecule has 2 atom stereocenters. The molecule has 0 aromatic heterocycles. The van der Waals surface area contributed by atoms with Gasteiger partial charge >= 0.3 is 5.97 Å². The van der Waals surface area contributed by atoms with Gasteiger partial charge in [0, 0.05) is 5.69 Å². The number of rotatable bonds is 5. The summed E-state index contributed by atoms with van der Waals surface area (Å²) in [4.78, 5) is 23.8. The van der Waals surface area contributed by atoms with Crippen LogP contribution in [-0.4, -0.2) is 17.0 Å². The number of amides is 1. The molecule has 1 amide bonds. The molecule has 0 spiro atoms. The summed E-state index contributed by atoms with van der Waals surface area (Å²) in [6, 6.07) is 16.4. The Morgan fingerprint density at radius 3 is 2.04 bits per heavy atom. The van der Waals surface area contributed by atoms with E-state index >= 15 is 0 Å². The molecular weight excluding hydrogens is 330 g/mol. The lowest BCUT2D eigenvalue weighted by molar-refractivity contribution is -0.147. The molecule has 6 nitrogen and oxygen atoms in total. The molecule has 3 rings (SSSR count). The number of nitrogens with zero attached hydrogens (tertiary/aromatic N) is 2. The van der Waals surface area contributed by atoms with E-state index in [4.69, 9.17) is 0 Å². The monoisotopic (exact) mass is 351 g/mol. The van der Waals surface area contributed by atoms with E-state index in [1.807, 2.05) is 30.3 Å². The van der Waals surface area contributed by atoms with Crippen molar-refractivity contribution < 1.29 is 14.7 Å². The molecule has 0 unspecified atom stereocenters. The molecule has 26 heavy (non-hydrogen) atoms. The average molecular weight is 351 g/mol. The van der Waals surface area contributed by atoms with E-state index in [2.05, 4.69) is 15.5 Å². The first-order valence-corrected chi connectivity index (χ1v) is 8.74. The highest BCUT2D eigenvalue weighted by Gasteiger charge is 2.35. The normalized spacial score (nSPS) is 20.0. The van der Waals surface area contributed by atoms with Crippen molar-refractivity contribution in [3.05, 3.63) is 54.6 Å². The van der Waals surface area contributed by atoms with Crippen molar-refractivity contribution in [1.29, 1.82) is 0 Å². The smallest absolute Gasteiger partial charge is 0.307 e. The third kappa shape index (κ3) is 4.53. The average Bonchev–Trinajstić information content (AvgIpc) is 2.68. The summed E-state index contributed by atoms with van der Waals surface area (Å²) in [6.07, 6.45) is 2.93. The van der Waals surface area contributed by atoms with Crippen molar-refractivity contribution in [2.24, 2.45) is 22.1 Å². The van der Waals surface area contributed by atoms with Gasteiger partial charge in [-0.25, -0.2) is 0 Å². The molecule has 0 aliphatic heterocycles. The van der Waals surface area contributed by atoms with Gasteiger partial charge in [-0.05, 0) is 49.2 Å². The second kappa shape index (κ2) is 8.38. The van der Waals surface area contributed by atoms with E-state index < -0.39 is 17.8 Å². The summed E-state index contributed by atoms with van der Waals surface area (Å²) in [7, 11) is 0. The quantitative estimate of drug-likeness (QED) is 0.748. The number of nitrogens with one attached hydrogen (secondary N) is 1. The predicted molar refractivity (Wildman–Crippen MR) is 98.8 cm³/mol. The second-order valence-corrected chi connectivity index (χ2v) is 6.41. The van der Waals surface area contributed by atoms with Crippen LogP contribution < -0.4 is 5.32 Å². The maximum Gasteiger partial charge on any atom is 0.307 e. The number of anilines is 1. The fraction of sp³-hybridized carbons (Fsp3) is 0.300. The Morgan fingerprint density at radius 1 is 0.846 bits per heavy atom. The fourth-order valence-electron chi connectivity index (χ4n) is 3.20. The first-order valence-electron chi connectivity index (χ1n) is 8.74. The Balaban J connectivity index is 1.62. The molecule has 6 heteroatoms. The minimum absolute atomic E-state index is 0.226. The number of hydrogen-bond acceptors (Lipinski definition) is 4. The van der Waals surface area contributed by atoms with Gasteiger partial charge in [0.15, 0.2) is 0 Å². The van der Waals surface area contributed by atoms with Gasteiger partial charge in [0.05, 0.1) is 23.2 Å². The Hall–Kier alpha value is -3.02. The summed E-state index contributed by atoms with van der Waals surface area (Å²) in [6.45, 7) is 0. The van der Waals surface area contributed by atoms with E-state index in [1.54, 1.807) is 24.3 Å². The van der Waals surface area contributed by atoms with Crippen molar-refractivity contribution in [2.75, 3.05) is 5.32 Å². The number of azo groups is 1. The van der Waals surface area contributed by atoms with Crippen LogP contribution in [0.2, 0.25) is 0 Å². The van der Waals surface area contributed by atoms with Crippen LogP contribution in [0.25, 0.3) is 0 Å². The molecule has 134 valence electrons. The molecule has 1 aliphatic rings. The summed E-state index contributed by atoms with van der Waals surface area (Å²) in [5.41, 5.74) is 2.07. The van der Waals surface area contributed by atoms with Crippen LogP contribution in [0.5, 0.6) is 0 Å². The van der Waals surface area contributed by atoms with Crippen LogP contribution in [0.4, 0.5) is 17.1 Å². The maximum atomic E-state index is 12.5. The topological polar surface area (TPSA) is 91.1 Å². The molecule has 2 aromatic carbocycles. The molecular formula is C20H21N3O3. The molecule has 2 aromatic rings. The van der Waals surface area contributed by atoms with Gasteiger partial charge in [0.25, 0.3) is 0 Å². The Morgan fingerprint density at radius 2 is 1.42 bits per heavy atom. The number of aliphatic carboxylic acids is 1. The first-order chi connectivity index (χ1) is 12.6. The third-order valence-corrected chi connectivity index (χ3v) is 4.59. The van der Waals surface area contributed by atoms with E-state index in [0.29, 0.717) is 24.2 Å². The Labute approximate surface area is 152 Å². The highest BCUT2D eigenvalue weighted by molar-refractivity contribution is 5.95. The zero-order valence-corrected chi connectivity index (χ0v) is 14.3. The Bertz CT molecular complexity index is 788. The molecule has 0 bridgehead atoms. The highest BCUT2D eigenvalue weighted by Crippen LogP contribution is 2.31. The molecule has 1 fully saturated rings. The summed E-state index contributed by atoms with van der Waals surface area (Å²) in [5, 5.41) is 20.4. The number of hydrogen-bond donors (Lipinski definition) is 2. The van der Waals surface area contributed by atoms with Gasteiger partial charge in [-0.2, -0.15) is 10.2 Å². The van der Waals surface area contributed by atoms with Crippen molar-refractivity contribution in [3.8, 4) is 0 Å². The molecule has 0 radical (unpaired) electrons. The fourth-order valence-corrected chi connectivity index (χ4v) is 3.20. The Kier molecular flexibility index (Phi) is 5.73. The lowest BCUT2D eigenvalue weighted by Crippen LogP contribution is -2.36. The van der Waals surface area contributed by atoms with Crippen LogP contribution in [0, 0.1) is 11.8 Å². The number of carboxylic acids is 1. The van der Waals surface area contributed by atoms with Crippen LogP contribution >= 0.6 is 0 Å². The minimum Gasteiger partial charge on any atom is -0.481 e. The van der Waals surface area contributed by atoms with Gasteiger partial charge in [0.1, 0.15) is 0 Å². The lowest BCUT2D eigenvalue weighted by atomic mass is 9.78. The number of carbonyl (C=O) groups excluding carboxylic acids is 1. The number of carboxylic acid groups (broad SMARTS) is 1. The van der Waals surface area contributed by atoms with Gasteiger partial charge in [-0.1, -0.05) is 31.0 Å². The SMILES string of the molecule is O=C(Nc1ccc(N=Nc2ccccc2)cc1)[C@H]1CCCC[C@H]1C(=O)O. The zero-order valence-electron chi connectivity index (χ0n) is 14.3. The third-order valence-electron chi connectivity index (χ3n) is 4.59. The number of carbonyl (C=O) groups is 2. The van der Waals surface area contributed by atoms with Crippen LogP contribution in [0.15, 0.2) is 64.8 Å². The predicted octanol–water partition coefficient (Wildman–Crippen LogP) is 4.93. The zero-order chi connectivity index (χ0) is 18.4. The van der Waals surface area contributed by atoms with Gasteiger partial charge in [-0.3, -0.25) is 9.59 Å². The van der Waals surface area contributed by atoms with E-state index in [0.717, 1.165) is 18.5 Å². The van der Waals surface area contributed by atoms with Gasteiger partial charge in [-0.15, -0.1) is 0 Å². The van der Waals surface area contributed by atoms with Crippen LogP contribution in [0.1, 0.15) is 25.7 Å². The second-order valence-electron chi connectivity index (χ2n) is 6.41. The van der Waals surface area contributed by atoms with E-state index in [-0.39, 0.29) is 5.91 Å². The molecule has 0 heterocycles. The minimum atomic E-state index is -0.887. The maximum absolute atomic E-state index is 12.5.